The summed E-state index contributed by atoms with van der Waals surface area (Å²) in [6.07, 6.45) is 3.88. The van der Waals surface area contributed by atoms with Crippen LogP contribution in [0.4, 0.5) is 0 Å². The molecule has 3 heteroatoms. The number of nitrogens with zero attached hydrogens (tertiary/aromatic N) is 1. The van der Waals surface area contributed by atoms with Gasteiger partial charge in [0.2, 0.25) is 0 Å². The Morgan fingerprint density at radius 3 is 2.94 bits per heavy atom. The molecule has 96 valence electrons. The zero-order valence-electron chi connectivity index (χ0n) is 11.2. The van der Waals surface area contributed by atoms with Crippen molar-refractivity contribution in [3.63, 3.8) is 0 Å². The molecule has 1 heterocycles. The van der Waals surface area contributed by atoms with E-state index < -0.39 is 0 Å². The van der Waals surface area contributed by atoms with E-state index in [-0.39, 0.29) is 0 Å². The lowest BCUT2D eigenvalue weighted by Crippen LogP contribution is -2.50. The third-order valence-electron chi connectivity index (χ3n) is 3.32. The highest BCUT2D eigenvalue weighted by Gasteiger charge is 2.22. The van der Waals surface area contributed by atoms with Crippen LogP contribution in [0.3, 0.4) is 0 Å². The number of nitrogens with one attached hydrogen (secondary N) is 1. The van der Waals surface area contributed by atoms with E-state index in [2.05, 4.69) is 31.0 Å². The summed E-state index contributed by atoms with van der Waals surface area (Å²) in [5, 5.41) is 3.63. The molecule has 0 saturated carbocycles. The molecule has 16 heavy (non-hydrogen) atoms. The molecular weight excluding hydrogens is 200 g/mol. The second kappa shape index (κ2) is 8.04. The van der Waals surface area contributed by atoms with Gasteiger partial charge in [0.1, 0.15) is 0 Å². The molecule has 1 N–H and O–H groups in total. The van der Waals surface area contributed by atoms with E-state index in [0.717, 1.165) is 19.8 Å². The Balaban J connectivity index is 2.25. The van der Waals surface area contributed by atoms with E-state index in [1.165, 1.54) is 32.4 Å². The van der Waals surface area contributed by atoms with Crippen molar-refractivity contribution >= 4 is 0 Å². The molecule has 2 atom stereocenters. The topological polar surface area (TPSA) is 24.5 Å². The van der Waals surface area contributed by atoms with Gasteiger partial charge in [-0.2, -0.15) is 0 Å². The Morgan fingerprint density at radius 2 is 2.25 bits per heavy atom. The number of likely N-dealkylation sites (tertiary alicyclic amines) is 1. The van der Waals surface area contributed by atoms with Crippen molar-refractivity contribution in [1.29, 1.82) is 0 Å². The molecule has 0 aromatic rings. The Morgan fingerprint density at radius 1 is 1.44 bits per heavy atom. The molecule has 1 rings (SSSR count). The predicted molar refractivity (Wildman–Crippen MR) is 68.8 cm³/mol. The van der Waals surface area contributed by atoms with Crippen LogP contribution in [0.5, 0.6) is 0 Å². The number of hydrogen-bond donors (Lipinski definition) is 1. The highest BCUT2D eigenvalue weighted by atomic mass is 16.5. The highest BCUT2D eigenvalue weighted by molar-refractivity contribution is 4.80. The maximum Gasteiger partial charge on any atom is 0.0619 e. The fourth-order valence-corrected chi connectivity index (χ4v) is 2.32. The Labute approximate surface area is 101 Å². The van der Waals surface area contributed by atoms with Crippen LogP contribution in [-0.2, 0) is 4.74 Å². The summed E-state index contributed by atoms with van der Waals surface area (Å²) in [6, 6.07) is 1.25. The van der Waals surface area contributed by atoms with Crippen LogP contribution in [0.1, 0.15) is 40.0 Å². The maximum absolute atomic E-state index is 5.50. The summed E-state index contributed by atoms with van der Waals surface area (Å²) < 4.78 is 5.50. The van der Waals surface area contributed by atoms with Crippen molar-refractivity contribution in [1.82, 2.24) is 10.2 Å². The van der Waals surface area contributed by atoms with Crippen molar-refractivity contribution in [2.24, 2.45) is 0 Å². The van der Waals surface area contributed by atoms with Gasteiger partial charge in [0, 0.05) is 25.2 Å². The molecule has 3 nitrogen and oxygen atoms in total. The van der Waals surface area contributed by atoms with Crippen molar-refractivity contribution in [2.45, 2.75) is 52.1 Å². The van der Waals surface area contributed by atoms with E-state index in [1.54, 1.807) is 0 Å². The van der Waals surface area contributed by atoms with E-state index >= 15 is 0 Å². The smallest absolute Gasteiger partial charge is 0.0619 e. The molecule has 1 aliphatic heterocycles. The summed E-state index contributed by atoms with van der Waals surface area (Å²) in [5.74, 6) is 0. The van der Waals surface area contributed by atoms with Crippen molar-refractivity contribution in [3.05, 3.63) is 0 Å². The minimum atomic E-state index is 0.561. The first-order valence-electron chi connectivity index (χ1n) is 6.83. The quantitative estimate of drug-likeness (QED) is 0.720. The largest absolute Gasteiger partial charge is 0.380 e. The summed E-state index contributed by atoms with van der Waals surface area (Å²) in [5.41, 5.74) is 0. The highest BCUT2D eigenvalue weighted by Crippen LogP contribution is 2.13. The zero-order chi connectivity index (χ0) is 11.8. The first kappa shape index (κ1) is 13.9. The molecule has 1 aliphatic rings. The van der Waals surface area contributed by atoms with Gasteiger partial charge in [0.15, 0.2) is 0 Å². The third kappa shape index (κ3) is 4.81. The van der Waals surface area contributed by atoms with Crippen molar-refractivity contribution in [2.75, 3.05) is 32.8 Å². The fraction of sp³-hybridized carbons (Fsp3) is 1.00. The molecule has 0 radical (unpaired) electrons. The SMILES string of the molecule is CCCNC1CCCN(C(C)COCC)C1. The molecule has 0 spiro atoms. The first-order valence-corrected chi connectivity index (χ1v) is 6.83. The average Bonchev–Trinajstić information content (AvgIpc) is 2.33. The summed E-state index contributed by atoms with van der Waals surface area (Å²) in [7, 11) is 0. The van der Waals surface area contributed by atoms with Crippen LogP contribution in [0.2, 0.25) is 0 Å². The molecule has 1 fully saturated rings. The Hall–Kier alpha value is -0.120. The minimum absolute atomic E-state index is 0.561. The lowest BCUT2D eigenvalue weighted by atomic mass is 10.0. The van der Waals surface area contributed by atoms with Crippen molar-refractivity contribution in [3.8, 4) is 0 Å². The van der Waals surface area contributed by atoms with E-state index in [0.29, 0.717) is 12.1 Å². The van der Waals surface area contributed by atoms with Crippen LogP contribution < -0.4 is 5.32 Å². The van der Waals surface area contributed by atoms with Crippen molar-refractivity contribution < 1.29 is 4.74 Å². The molecule has 1 saturated heterocycles. The lowest BCUT2D eigenvalue weighted by molar-refractivity contribution is 0.0562. The summed E-state index contributed by atoms with van der Waals surface area (Å²) >= 11 is 0. The van der Waals surface area contributed by atoms with Gasteiger partial charge in [-0.15, -0.1) is 0 Å². The van der Waals surface area contributed by atoms with Gasteiger partial charge in [-0.25, -0.2) is 0 Å². The molecule has 0 aromatic carbocycles. The van der Waals surface area contributed by atoms with Gasteiger partial charge in [-0.3, -0.25) is 4.90 Å². The second-order valence-electron chi connectivity index (χ2n) is 4.80. The molecule has 0 amide bonds. The predicted octanol–water partition coefficient (Wildman–Crippen LogP) is 1.88. The van der Waals surface area contributed by atoms with Gasteiger partial charge >= 0.3 is 0 Å². The molecular formula is C13H28N2O. The fourth-order valence-electron chi connectivity index (χ4n) is 2.32. The van der Waals surface area contributed by atoms with Gasteiger partial charge in [-0.1, -0.05) is 6.92 Å². The average molecular weight is 228 g/mol. The number of rotatable bonds is 7. The standard InChI is InChI=1S/C13H28N2O/c1-4-8-14-13-7-6-9-15(10-13)12(3)11-16-5-2/h12-14H,4-11H2,1-3H3. The van der Waals surface area contributed by atoms with E-state index in [4.69, 9.17) is 4.74 Å². The normalized spacial score (nSPS) is 24.6. The number of piperidine rings is 1. The van der Waals surface area contributed by atoms with Gasteiger partial charge in [0.25, 0.3) is 0 Å². The monoisotopic (exact) mass is 228 g/mol. The summed E-state index contributed by atoms with van der Waals surface area (Å²) in [6.45, 7) is 11.8. The molecule has 0 bridgehead atoms. The van der Waals surface area contributed by atoms with Crippen LogP contribution in [-0.4, -0.2) is 49.8 Å². The summed E-state index contributed by atoms with van der Waals surface area (Å²) in [4.78, 5) is 2.56. The zero-order valence-corrected chi connectivity index (χ0v) is 11.2. The van der Waals surface area contributed by atoms with E-state index in [1.807, 2.05) is 0 Å². The molecule has 2 unspecified atom stereocenters. The first-order chi connectivity index (χ1) is 7.77. The lowest BCUT2D eigenvalue weighted by Gasteiger charge is -2.37. The maximum atomic E-state index is 5.50. The number of hydrogen-bond acceptors (Lipinski definition) is 3. The van der Waals surface area contributed by atoms with Gasteiger partial charge in [0.05, 0.1) is 6.61 Å². The molecule has 0 aliphatic carbocycles. The van der Waals surface area contributed by atoms with Gasteiger partial charge in [-0.05, 0) is 46.2 Å². The third-order valence-corrected chi connectivity index (χ3v) is 3.32. The van der Waals surface area contributed by atoms with E-state index in [9.17, 15) is 0 Å². The Kier molecular flexibility index (Phi) is 7.01. The number of ether oxygens (including phenoxy) is 1. The van der Waals surface area contributed by atoms with Crippen LogP contribution in [0.25, 0.3) is 0 Å². The Bertz CT molecular complexity index is 169. The molecule has 0 aromatic heterocycles. The minimum Gasteiger partial charge on any atom is -0.380 e. The second-order valence-corrected chi connectivity index (χ2v) is 4.80. The van der Waals surface area contributed by atoms with Crippen LogP contribution >= 0.6 is 0 Å². The van der Waals surface area contributed by atoms with Crippen LogP contribution in [0, 0.1) is 0 Å². The van der Waals surface area contributed by atoms with Gasteiger partial charge < -0.3 is 10.1 Å². The van der Waals surface area contributed by atoms with Crippen LogP contribution in [0.15, 0.2) is 0 Å².